The van der Waals surface area contributed by atoms with Gasteiger partial charge in [0.2, 0.25) is 0 Å². The highest BCUT2D eigenvalue weighted by Gasteiger charge is 2.21. The largest absolute Gasteiger partial charge is 0.269 e. The summed E-state index contributed by atoms with van der Waals surface area (Å²) in [6.07, 6.45) is 7.10. The number of aliphatic imine (C=N–C) groups is 1. The van der Waals surface area contributed by atoms with Crippen LogP contribution < -0.4 is 0 Å². The lowest BCUT2D eigenvalue weighted by molar-refractivity contribution is 0.909. The molecular weight excluding hydrogens is 555 g/mol. The van der Waals surface area contributed by atoms with Gasteiger partial charge in [0.15, 0.2) is 0 Å². The molecule has 46 heavy (non-hydrogen) atoms. The van der Waals surface area contributed by atoms with Crippen LogP contribution in [0.4, 0.5) is 0 Å². The standard InChI is InChI=1S/C45H31N/c1-4-11-31(12-5-1)40-27-41(32-13-6-2-7-14-32)37-24-25-39-43(34-20-18-30(19-21-34)35-17-10-26-46-29-35)28-42(33-15-8-3-9-16-33)38-23-22-36(40)44(37)45(38)39/h1-16,18-29,35H,17H2. The van der Waals surface area contributed by atoms with E-state index in [4.69, 9.17) is 0 Å². The third kappa shape index (κ3) is 4.36. The average molecular weight is 586 g/mol. The zero-order valence-electron chi connectivity index (χ0n) is 25.4. The van der Waals surface area contributed by atoms with Gasteiger partial charge in [0, 0.05) is 18.3 Å². The molecule has 0 spiro atoms. The fraction of sp³-hybridized carbons (Fsp3) is 0.0444. The Morgan fingerprint density at radius 3 is 1.17 bits per heavy atom. The molecule has 1 aliphatic rings. The van der Waals surface area contributed by atoms with Crippen LogP contribution in [0.1, 0.15) is 17.9 Å². The van der Waals surface area contributed by atoms with Crippen LogP contribution in [0.5, 0.6) is 0 Å². The molecule has 0 amide bonds. The van der Waals surface area contributed by atoms with Crippen LogP contribution in [0, 0.1) is 0 Å². The second kappa shape index (κ2) is 11.0. The number of rotatable bonds is 5. The highest BCUT2D eigenvalue weighted by atomic mass is 14.7. The summed E-state index contributed by atoms with van der Waals surface area (Å²) in [7, 11) is 0. The molecule has 1 nitrogen and oxygen atoms in total. The second-order valence-electron chi connectivity index (χ2n) is 12.3. The first-order valence-electron chi connectivity index (χ1n) is 16.1. The molecule has 0 aromatic heterocycles. The van der Waals surface area contributed by atoms with Gasteiger partial charge >= 0.3 is 0 Å². The summed E-state index contributed by atoms with van der Waals surface area (Å²) in [5.41, 5.74) is 11.3. The number of hydrogen-bond donors (Lipinski definition) is 0. The normalized spacial score (nSPS) is 14.5. The molecule has 0 bridgehead atoms. The zero-order chi connectivity index (χ0) is 30.5. The van der Waals surface area contributed by atoms with Gasteiger partial charge in [-0.1, -0.05) is 146 Å². The minimum atomic E-state index is 0.327. The van der Waals surface area contributed by atoms with E-state index in [1.807, 2.05) is 6.20 Å². The third-order valence-electron chi connectivity index (χ3n) is 9.65. The summed E-state index contributed by atoms with van der Waals surface area (Å²) >= 11 is 0. The Morgan fingerprint density at radius 2 is 0.804 bits per heavy atom. The van der Waals surface area contributed by atoms with E-state index in [-0.39, 0.29) is 0 Å². The Bertz CT molecular complexity index is 2340. The lowest BCUT2D eigenvalue weighted by Crippen LogP contribution is -2.01. The molecule has 8 aromatic rings. The molecule has 0 aliphatic carbocycles. The summed E-state index contributed by atoms with van der Waals surface area (Å²) in [4.78, 5) is 4.40. The molecule has 0 radical (unpaired) electrons. The lowest BCUT2D eigenvalue weighted by Gasteiger charge is -2.21. The average Bonchev–Trinajstić information content (AvgIpc) is 3.15. The van der Waals surface area contributed by atoms with Crippen molar-refractivity contribution < 1.29 is 0 Å². The van der Waals surface area contributed by atoms with Crippen molar-refractivity contribution in [2.24, 2.45) is 4.99 Å². The highest BCUT2D eigenvalue weighted by Crippen LogP contribution is 2.48. The van der Waals surface area contributed by atoms with E-state index in [0.717, 1.165) is 6.42 Å². The van der Waals surface area contributed by atoms with Gasteiger partial charge in [-0.3, -0.25) is 4.99 Å². The van der Waals surface area contributed by atoms with E-state index < -0.39 is 0 Å². The summed E-state index contributed by atoms with van der Waals surface area (Å²) in [6.45, 7) is 0. The van der Waals surface area contributed by atoms with Gasteiger partial charge in [-0.2, -0.15) is 0 Å². The Balaban J connectivity index is 1.38. The van der Waals surface area contributed by atoms with Crippen molar-refractivity contribution in [3.63, 3.8) is 0 Å². The number of allylic oxidation sites excluding steroid dienone is 1. The molecule has 1 unspecified atom stereocenters. The van der Waals surface area contributed by atoms with E-state index in [0.29, 0.717) is 5.92 Å². The van der Waals surface area contributed by atoms with Crippen LogP contribution in [0.2, 0.25) is 0 Å². The molecule has 1 atom stereocenters. The first-order valence-corrected chi connectivity index (χ1v) is 16.1. The Labute approximate surface area is 269 Å². The molecule has 1 heterocycles. The first kappa shape index (κ1) is 26.6. The fourth-order valence-corrected chi connectivity index (χ4v) is 7.42. The van der Waals surface area contributed by atoms with E-state index in [2.05, 4.69) is 169 Å². The van der Waals surface area contributed by atoms with E-state index >= 15 is 0 Å². The van der Waals surface area contributed by atoms with Crippen molar-refractivity contribution >= 4 is 38.5 Å². The summed E-state index contributed by atoms with van der Waals surface area (Å²) in [6, 6.07) is 55.9. The molecule has 0 N–H and O–H groups in total. The van der Waals surface area contributed by atoms with Crippen LogP contribution in [0.3, 0.4) is 0 Å². The number of hydrogen-bond acceptors (Lipinski definition) is 1. The van der Waals surface area contributed by atoms with Gasteiger partial charge in [-0.25, -0.2) is 0 Å². The highest BCUT2D eigenvalue weighted by molar-refractivity contribution is 6.31. The van der Waals surface area contributed by atoms with Crippen molar-refractivity contribution in [1.29, 1.82) is 0 Å². The van der Waals surface area contributed by atoms with Gasteiger partial charge in [0.25, 0.3) is 0 Å². The molecule has 1 aliphatic heterocycles. The van der Waals surface area contributed by atoms with Crippen molar-refractivity contribution in [3.05, 3.63) is 169 Å². The van der Waals surface area contributed by atoms with Crippen LogP contribution in [-0.4, -0.2) is 6.21 Å². The van der Waals surface area contributed by atoms with Gasteiger partial charge in [-0.15, -0.1) is 0 Å². The van der Waals surface area contributed by atoms with Crippen molar-refractivity contribution in [1.82, 2.24) is 0 Å². The summed E-state index contributed by atoms with van der Waals surface area (Å²) in [5.74, 6) is 0.327. The van der Waals surface area contributed by atoms with E-state index in [9.17, 15) is 0 Å². The van der Waals surface area contributed by atoms with Crippen LogP contribution in [0.25, 0.3) is 76.8 Å². The monoisotopic (exact) mass is 585 g/mol. The Hall–Kier alpha value is -5.79. The summed E-state index contributed by atoms with van der Waals surface area (Å²) in [5, 5.41) is 7.80. The van der Waals surface area contributed by atoms with E-state index in [1.54, 1.807) is 0 Å². The number of nitrogens with zero attached hydrogens (tertiary/aromatic N) is 1. The van der Waals surface area contributed by atoms with Crippen LogP contribution in [0.15, 0.2) is 169 Å². The van der Waals surface area contributed by atoms with Crippen molar-refractivity contribution in [2.45, 2.75) is 12.3 Å². The lowest BCUT2D eigenvalue weighted by atomic mass is 9.82. The molecule has 0 saturated carbocycles. The predicted molar refractivity (Wildman–Crippen MR) is 197 cm³/mol. The second-order valence-corrected chi connectivity index (χ2v) is 12.3. The van der Waals surface area contributed by atoms with Crippen molar-refractivity contribution in [2.75, 3.05) is 0 Å². The van der Waals surface area contributed by atoms with E-state index in [1.165, 1.54) is 82.4 Å². The number of benzene rings is 8. The fourth-order valence-electron chi connectivity index (χ4n) is 7.42. The van der Waals surface area contributed by atoms with Gasteiger partial charge < -0.3 is 0 Å². The Morgan fingerprint density at radius 1 is 0.413 bits per heavy atom. The maximum Gasteiger partial charge on any atom is 0.0228 e. The smallest absolute Gasteiger partial charge is 0.0228 e. The molecule has 216 valence electrons. The minimum absolute atomic E-state index is 0.327. The molecule has 1 heteroatoms. The maximum absolute atomic E-state index is 4.40. The SMILES string of the molecule is C1=CN=CC(c2ccc(-c3cc(-c4ccccc4)c4ccc5c(-c6ccccc6)cc(-c6ccccc6)c6ccc3c4c56)cc2)C1. The summed E-state index contributed by atoms with van der Waals surface area (Å²) < 4.78 is 0. The topological polar surface area (TPSA) is 12.4 Å². The third-order valence-corrected chi connectivity index (χ3v) is 9.65. The minimum Gasteiger partial charge on any atom is -0.269 e. The zero-order valence-corrected chi connectivity index (χ0v) is 25.4. The first-order chi connectivity index (χ1) is 22.8. The van der Waals surface area contributed by atoms with Crippen LogP contribution >= 0.6 is 0 Å². The van der Waals surface area contributed by atoms with Gasteiger partial charge in [-0.05, 0) is 101 Å². The van der Waals surface area contributed by atoms with Crippen molar-refractivity contribution in [3.8, 4) is 44.5 Å². The predicted octanol–water partition coefficient (Wildman–Crippen LogP) is 12.3. The molecule has 8 aromatic carbocycles. The van der Waals surface area contributed by atoms with Crippen LogP contribution in [-0.2, 0) is 0 Å². The maximum atomic E-state index is 4.40. The molecule has 0 fully saturated rings. The molecule has 9 rings (SSSR count). The molecular formula is C45H31N. The van der Waals surface area contributed by atoms with Gasteiger partial charge in [0.05, 0.1) is 0 Å². The van der Waals surface area contributed by atoms with Gasteiger partial charge in [0.1, 0.15) is 0 Å². The molecule has 0 saturated heterocycles. The Kier molecular flexibility index (Phi) is 6.35. The quantitative estimate of drug-likeness (QED) is 0.178.